The topological polar surface area (TPSA) is 13.0 Å². The first-order chi connectivity index (χ1) is 11.7. The summed E-state index contributed by atoms with van der Waals surface area (Å²) in [5, 5.41) is 0. The molecule has 0 N–H and O–H groups in total. The Hall–Kier alpha value is -0.160. The van der Waals surface area contributed by atoms with Crippen molar-refractivity contribution in [3.63, 3.8) is 0 Å². The Labute approximate surface area is 150 Å². The number of hydrogen-bond donors (Lipinski definition) is 0. The van der Waals surface area contributed by atoms with Crippen molar-refractivity contribution in [1.29, 1.82) is 0 Å². The normalized spacial score (nSPS) is 26.8. The van der Waals surface area contributed by atoms with Gasteiger partial charge in [-0.25, -0.2) is 0 Å². The largest absolute Gasteiger partial charge is 0.301 e. The van der Waals surface area contributed by atoms with Crippen LogP contribution in [0.25, 0.3) is 0 Å². The van der Waals surface area contributed by atoms with Crippen molar-refractivity contribution in [3.8, 4) is 0 Å². The third-order valence-electron chi connectivity index (χ3n) is 6.62. The van der Waals surface area contributed by atoms with Gasteiger partial charge in [0.25, 0.3) is 0 Å². The van der Waals surface area contributed by atoms with Gasteiger partial charge < -0.3 is 19.6 Å². The molecule has 0 bridgehead atoms. The molecule has 1 saturated carbocycles. The van der Waals surface area contributed by atoms with E-state index in [1.54, 1.807) is 0 Å². The quantitative estimate of drug-likeness (QED) is 0.640. The van der Waals surface area contributed by atoms with E-state index in [0.29, 0.717) is 0 Å². The Morgan fingerprint density at radius 2 is 1.17 bits per heavy atom. The highest BCUT2D eigenvalue weighted by Crippen LogP contribution is 2.50. The van der Waals surface area contributed by atoms with E-state index in [4.69, 9.17) is 0 Å². The van der Waals surface area contributed by atoms with Gasteiger partial charge in [0.05, 0.1) is 0 Å². The minimum Gasteiger partial charge on any atom is -0.301 e. The van der Waals surface area contributed by atoms with Crippen LogP contribution in [0.4, 0.5) is 0 Å². The maximum atomic E-state index is 2.75. The Morgan fingerprint density at radius 3 is 1.62 bits per heavy atom. The van der Waals surface area contributed by atoms with Crippen molar-refractivity contribution >= 4 is 0 Å². The highest BCUT2D eigenvalue weighted by atomic mass is 15.3. The first-order valence-corrected chi connectivity index (χ1v) is 10.6. The average molecular weight is 337 g/mol. The molecule has 0 aromatic carbocycles. The minimum atomic E-state index is 0.734. The Morgan fingerprint density at radius 1 is 0.667 bits per heavy atom. The second-order valence-electron chi connectivity index (χ2n) is 8.50. The minimum absolute atomic E-state index is 0.734. The summed E-state index contributed by atoms with van der Waals surface area (Å²) in [6.07, 6.45) is 7.16. The molecule has 24 heavy (non-hydrogen) atoms. The fourth-order valence-corrected chi connectivity index (χ4v) is 4.69. The lowest BCUT2D eigenvalue weighted by Gasteiger charge is -2.37. The highest BCUT2D eigenvalue weighted by molar-refractivity contribution is 4.95. The summed E-state index contributed by atoms with van der Waals surface area (Å²) in [5.41, 5.74) is 0.734. The molecular weight excluding hydrogens is 296 g/mol. The van der Waals surface area contributed by atoms with Crippen LogP contribution in [0, 0.1) is 5.41 Å². The first kappa shape index (κ1) is 18.6. The standard InChI is InChI=1S/C20H40N4/c1-3-6-20(7-8-20)19-24-17-15-23(16-18-24)10-5-9-22-13-11-21(4-2)12-14-22/h3-19H2,1-2H3. The third kappa shape index (κ3) is 5.42. The van der Waals surface area contributed by atoms with E-state index < -0.39 is 0 Å². The monoisotopic (exact) mass is 336 g/mol. The number of rotatable bonds is 9. The number of hydrogen-bond acceptors (Lipinski definition) is 4. The molecule has 0 spiro atoms. The van der Waals surface area contributed by atoms with Crippen molar-refractivity contribution in [2.75, 3.05) is 78.5 Å². The Bertz CT molecular complexity index is 353. The summed E-state index contributed by atoms with van der Waals surface area (Å²) in [7, 11) is 0. The van der Waals surface area contributed by atoms with E-state index in [9.17, 15) is 0 Å². The van der Waals surface area contributed by atoms with E-state index in [2.05, 4.69) is 33.4 Å². The van der Waals surface area contributed by atoms with Gasteiger partial charge in [0.15, 0.2) is 0 Å². The molecule has 2 saturated heterocycles. The van der Waals surface area contributed by atoms with E-state index >= 15 is 0 Å². The van der Waals surface area contributed by atoms with Gasteiger partial charge in [-0.15, -0.1) is 0 Å². The Balaban J connectivity index is 1.25. The van der Waals surface area contributed by atoms with Gasteiger partial charge in [0, 0.05) is 58.9 Å². The third-order valence-corrected chi connectivity index (χ3v) is 6.62. The Kier molecular flexibility index (Phi) is 6.97. The smallest absolute Gasteiger partial charge is 0.0110 e. The van der Waals surface area contributed by atoms with Crippen molar-refractivity contribution in [2.24, 2.45) is 5.41 Å². The molecule has 2 heterocycles. The second kappa shape index (κ2) is 8.98. The number of piperazine rings is 2. The van der Waals surface area contributed by atoms with Gasteiger partial charge in [0.2, 0.25) is 0 Å². The lowest BCUT2D eigenvalue weighted by molar-refractivity contribution is 0.0999. The number of nitrogens with zero attached hydrogens (tertiary/aromatic N) is 4. The van der Waals surface area contributed by atoms with Crippen molar-refractivity contribution in [3.05, 3.63) is 0 Å². The summed E-state index contributed by atoms with van der Waals surface area (Å²) in [5.74, 6) is 0. The van der Waals surface area contributed by atoms with Gasteiger partial charge >= 0.3 is 0 Å². The highest BCUT2D eigenvalue weighted by Gasteiger charge is 2.42. The summed E-state index contributed by atoms with van der Waals surface area (Å²) in [6.45, 7) is 20.2. The molecule has 0 unspecified atom stereocenters. The van der Waals surface area contributed by atoms with Crippen LogP contribution < -0.4 is 0 Å². The van der Waals surface area contributed by atoms with E-state index in [0.717, 1.165) is 5.41 Å². The summed E-state index contributed by atoms with van der Waals surface area (Å²) in [4.78, 5) is 10.7. The SMILES string of the molecule is CCCC1(CN2CCN(CCCN3CCN(CC)CC3)CC2)CC1. The van der Waals surface area contributed by atoms with Crippen molar-refractivity contribution in [1.82, 2.24) is 19.6 Å². The molecule has 0 atom stereocenters. The van der Waals surface area contributed by atoms with Crippen LogP contribution in [0.5, 0.6) is 0 Å². The molecule has 0 radical (unpaired) electrons. The van der Waals surface area contributed by atoms with E-state index in [-0.39, 0.29) is 0 Å². The summed E-state index contributed by atoms with van der Waals surface area (Å²) in [6, 6.07) is 0. The van der Waals surface area contributed by atoms with Crippen LogP contribution in [0.3, 0.4) is 0 Å². The molecule has 2 aliphatic heterocycles. The second-order valence-corrected chi connectivity index (χ2v) is 8.50. The molecule has 4 nitrogen and oxygen atoms in total. The zero-order valence-corrected chi connectivity index (χ0v) is 16.3. The molecule has 3 aliphatic rings. The van der Waals surface area contributed by atoms with Crippen molar-refractivity contribution < 1.29 is 0 Å². The molecule has 4 heteroatoms. The predicted octanol–water partition coefficient (Wildman–Crippen LogP) is 2.21. The first-order valence-electron chi connectivity index (χ1n) is 10.6. The lowest BCUT2D eigenvalue weighted by Crippen LogP contribution is -2.49. The van der Waals surface area contributed by atoms with Gasteiger partial charge in [-0.1, -0.05) is 20.3 Å². The van der Waals surface area contributed by atoms with Crippen LogP contribution in [-0.4, -0.2) is 98.1 Å². The van der Waals surface area contributed by atoms with Crippen LogP contribution >= 0.6 is 0 Å². The summed E-state index contributed by atoms with van der Waals surface area (Å²) < 4.78 is 0. The predicted molar refractivity (Wildman–Crippen MR) is 103 cm³/mol. The fraction of sp³-hybridized carbons (Fsp3) is 1.00. The van der Waals surface area contributed by atoms with Gasteiger partial charge in [-0.3, -0.25) is 0 Å². The van der Waals surface area contributed by atoms with Crippen LogP contribution in [0.2, 0.25) is 0 Å². The van der Waals surface area contributed by atoms with E-state index in [1.165, 1.54) is 111 Å². The molecular formula is C20H40N4. The van der Waals surface area contributed by atoms with Gasteiger partial charge in [-0.2, -0.15) is 0 Å². The number of likely N-dealkylation sites (N-methyl/N-ethyl adjacent to an activating group) is 1. The van der Waals surface area contributed by atoms with Crippen LogP contribution in [0.1, 0.15) is 46.0 Å². The molecule has 0 aromatic heterocycles. The molecule has 0 aromatic rings. The maximum absolute atomic E-state index is 2.75. The van der Waals surface area contributed by atoms with E-state index in [1.807, 2.05) is 0 Å². The van der Waals surface area contributed by atoms with Crippen LogP contribution in [0.15, 0.2) is 0 Å². The van der Waals surface area contributed by atoms with Crippen LogP contribution in [-0.2, 0) is 0 Å². The summed E-state index contributed by atoms with van der Waals surface area (Å²) >= 11 is 0. The van der Waals surface area contributed by atoms with Crippen molar-refractivity contribution in [2.45, 2.75) is 46.0 Å². The average Bonchev–Trinajstić information content (AvgIpc) is 3.37. The molecule has 140 valence electrons. The zero-order valence-electron chi connectivity index (χ0n) is 16.3. The maximum Gasteiger partial charge on any atom is 0.0110 e. The molecule has 3 fully saturated rings. The molecule has 0 amide bonds. The fourth-order valence-electron chi connectivity index (χ4n) is 4.69. The van der Waals surface area contributed by atoms with Gasteiger partial charge in [0.1, 0.15) is 0 Å². The molecule has 1 aliphatic carbocycles. The zero-order chi connectivity index (χ0) is 16.8. The lowest BCUT2D eigenvalue weighted by atomic mass is 9.99. The van der Waals surface area contributed by atoms with Gasteiger partial charge in [-0.05, 0) is 50.7 Å². The molecule has 3 rings (SSSR count).